The third-order valence-electron chi connectivity index (χ3n) is 4.40. The molecule has 1 fully saturated rings. The van der Waals surface area contributed by atoms with E-state index in [0.717, 1.165) is 24.8 Å². The van der Waals surface area contributed by atoms with E-state index in [0.29, 0.717) is 18.0 Å². The standard InChI is InChI=1S/C15H20N4O/c1-18(13-7-4-5-11(13)9-16)15(20)12-10-17-19-8-3-2-6-14(12)19/h2-3,6,8,10-11,13H,4-5,7,9,16H2,1H3. The topological polar surface area (TPSA) is 63.6 Å². The molecule has 1 aliphatic carbocycles. The Balaban J connectivity index is 1.88. The monoisotopic (exact) mass is 272 g/mol. The summed E-state index contributed by atoms with van der Waals surface area (Å²) in [6, 6.07) is 6.00. The van der Waals surface area contributed by atoms with Gasteiger partial charge in [-0.3, -0.25) is 4.79 Å². The molecule has 5 heteroatoms. The van der Waals surface area contributed by atoms with E-state index in [9.17, 15) is 4.79 Å². The average Bonchev–Trinajstić information content (AvgIpc) is 3.12. The number of carbonyl (C=O) groups is 1. The quantitative estimate of drug-likeness (QED) is 0.921. The van der Waals surface area contributed by atoms with Crippen molar-refractivity contribution in [1.29, 1.82) is 0 Å². The lowest BCUT2D eigenvalue weighted by molar-refractivity contribution is 0.0702. The largest absolute Gasteiger partial charge is 0.338 e. The van der Waals surface area contributed by atoms with Crippen LogP contribution in [0.25, 0.3) is 5.52 Å². The maximum atomic E-state index is 12.7. The van der Waals surface area contributed by atoms with Crippen molar-refractivity contribution in [3.63, 3.8) is 0 Å². The summed E-state index contributed by atoms with van der Waals surface area (Å²) >= 11 is 0. The predicted octanol–water partition coefficient (Wildman–Crippen LogP) is 1.53. The van der Waals surface area contributed by atoms with Gasteiger partial charge in [-0.2, -0.15) is 5.10 Å². The summed E-state index contributed by atoms with van der Waals surface area (Å²) in [5.74, 6) is 0.460. The van der Waals surface area contributed by atoms with Gasteiger partial charge in [-0.1, -0.05) is 12.5 Å². The molecule has 1 amide bonds. The van der Waals surface area contributed by atoms with Gasteiger partial charge in [0.25, 0.3) is 5.91 Å². The molecule has 3 rings (SSSR count). The zero-order chi connectivity index (χ0) is 14.1. The van der Waals surface area contributed by atoms with E-state index in [-0.39, 0.29) is 11.9 Å². The Kier molecular flexibility index (Phi) is 3.44. The van der Waals surface area contributed by atoms with Crippen LogP contribution >= 0.6 is 0 Å². The van der Waals surface area contributed by atoms with Crippen molar-refractivity contribution in [3.05, 3.63) is 36.2 Å². The zero-order valence-corrected chi connectivity index (χ0v) is 11.7. The van der Waals surface area contributed by atoms with Crippen LogP contribution in [0.3, 0.4) is 0 Å². The van der Waals surface area contributed by atoms with Crippen LogP contribution in [0.2, 0.25) is 0 Å². The number of nitrogens with zero attached hydrogens (tertiary/aromatic N) is 3. The van der Waals surface area contributed by atoms with Gasteiger partial charge in [0.05, 0.1) is 17.3 Å². The molecule has 106 valence electrons. The number of amides is 1. The first kappa shape index (κ1) is 13.1. The molecular weight excluding hydrogens is 252 g/mol. The van der Waals surface area contributed by atoms with Gasteiger partial charge in [0.1, 0.15) is 0 Å². The van der Waals surface area contributed by atoms with Crippen LogP contribution in [0.4, 0.5) is 0 Å². The Morgan fingerprint density at radius 3 is 3.15 bits per heavy atom. The van der Waals surface area contributed by atoms with Gasteiger partial charge in [0.2, 0.25) is 0 Å². The first-order chi connectivity index (χ1) is 9.72. The second kappa shape index (κ2) is 5.25. The Labute approximate surface area is 118 Å². The maximum absolute atomic E-state index is 12.7. The van der Waals surface area contributed by atoms with Crippen LogP contribution < -0.4 is 5.73 Å². The van der Waals surface area contributed by atoms with E-state index in [4.69, 9.17) is 5.73 Å². The first-order valence-corrected chi connectivity index (χ1v) is 7.12. The normalized spacial score (nSPS) is 22.3. The molecule has 0 saturated heterocycles. The molecule has 2 aromatic heterocycles. The smallest absolute Gasteiger partial charge is 0.257 e. The Bertz CT molecular complexity index is 621. The first-order valence-electron chi connectivity index (χ1n) is 7.12. The Hall–Kier alpha value is -1.88. The van der Waals surface area contributed by atoms with Crippen molar-refractivity contribution in [2.45, 2.75) is 25.3 Å². The highest BCUT2D eigenvalue weighted by Crippen LogP contribution is 2.29. The third-order valence-corrected chi connectivity index (χ3v) is 4.40. The summed E-state index contributed by atoms with van der Waals surface area (Å²) in [5, 5.41) is 4.23. The summed E-state index contributed by atoms with van der Waals surface area (Å²) in [6.07, 6.45) is 6.82. The van der Waals surface area contributed by atoms with Crippen LogP contribution in [0, 0.1) is 5.92 Å². The fraction of sp³-hybridized carbons (Fsp3) is 0.467. The Morgan fingerprint density at radius 1 is 1.50 bits per heavy atom. The summed E-state index contributed by atoms with van der Waals surface area (Å²) in [7, 11) is 1.88. The van der Waals surface area contributed by atoms with Crippen molar-refractivity contribution < 1.29 is 4.79 Å². The van der Waals surface area contributed by atoms with Crippen LogP contribution in [0.15, 0.2) is 30.6 Å². The molecule has 2 heterocycles. The number of hydrogen-bond donors (Lipinski definition) is 1. The van der Waals surface area contributed by atoms with Crippen LogP contribution in [0.5, 0.6) is 0 Å². The van der Waals surface area contributed by atoms with Crippen molar-refractivity contribution in [2.75, 3.05) is 13.6 Å². The number of aromatic nitrogens is 2. The van der Waals surface area contributed by atoms with Crippen LogP contribution in [-0.2, 0) is 0 Å². The number of carbonyl (C=O) groups excluding carboxylic acids is 1. The van der Waals surface area contributed by atoms with Gasteiger partial charge in [-0.15, -0.1) is 0 Å². The number of rotatable bonds is 3. The molecule has 1 saturated carbocycles. The van der Waals surface area contributed by atoms with Crippen molar-refractivity contribution in [1.82, 2.24) is 14.5 Å². The molecule has 1 aliphatic rings. The van der Waals surface area contributed by atoms with E-state index in [1.807, 2.05) is 36.3 Å². The van der Waals surface area contributed by atoms with Crippen molar-refractivity contribution in [2.24, 2.45) is 11.7 Å². The Morgan fingerprint density at radius 2 is 2.35 bits per heavy atom. The molecule has 0 radical (unpaired) electrons. The number of nitrogens with two attached hydrogens (primary N) is 1. The molecule has 5 nitrogen and oxygen atoms in total. The lowest BCUT2D eigenvalue weighted by atomic mass is 10.0. The third kappa shape index (κ3) is 2.08. The van der Waals surface area contributed by atoms with Gasteiger partial charge in [0.15, 0.2) is 0 Å². The van der Waals surface area contributed by atoms with Gasteiger partial charge in [-0.05, 0) is 37.4 Å². The predicted molar refractivity (Wildman–Crippen MR) is 77.5 cm³/mol. The molecule has 20 heavy (non-hydrogen) atoms. The molecule has 2 atom stereocenters. The second-order valence-electron chi connectivity index (χ2n) is 5.50. The molecule has 2 aromatic rings. The lowest BCUT2D eigenvalue weighted by Gasteiger charge is -2.29. The molecular formula is C15H20N4O. The summed E-state index contributed by atoms with van der Waals surface area (Å²) < 4.78 is 1.73. The molecule has 0 aromatic carbocycles. The van der Waals surface area contributed by atoms with E-state index < -0.39 is 0 Å². The maximum Gasteiger partial charge on any atom is 0.257 e. The van der Waals surface area contributed by atoms with Gasteiger partial charge < -0.3 is 10.6 Å². The van der Waals surface area contributed by atoms with Crippen LogP contribution in [-0.4, -0.2) is 40.1 Å². The summed E-state index contributed by atoms with van der Waals surface area (Å²) in [4.78, 5) is 14.6. The lowest BCUT2D eigenvalue weighted by Crippen LogP contribution is -2.41. The molecule has 2 N–H and O–H groups in total. The molecule has 0 bridgehead atoms. The number of fused-ring (bicyclic) bond motifs is 1. The van der Waals surface area contributed by atoms with Crippen molar-refractivity contribution in [3.8, 4) is 0 Å². The van der Waals surface area contributed by atoms with Crippen molar-refractivity contribution >= 4 is 11.4 Å². The van der Waals surface area contributed by atoms with E-state index in [1.54, 1.807) is 10.7 Å². The van der Waals surface area contributed by atoms with E-state index in [1.165, 1.54) is 0 Å². The second-order valence-corrected chi connectivity index (χ2v) is 5.50. The summed E-state index contributed by atoms with van der Waals surface area (Å²) in [6.45, 7) is 0.650. The zero-order valence-electron chi connectivity index (χ0n) is 11.7. The highest BCUT2D eigenvalue weighted by molar-refractivity contribution is 6.00. The minimum absolute atomic E-state index is 0.0385. The van der Waals surface area contributed by atoms with Crippen LogP contribution in [0.1, 0.15) is 29.6 Å². The molecule has 0 spiro atoms. The summed E-state index contributed by atoms with van der Waals surface area (Å²) in [5.41, 5.74) is 7.33. The minimum atomic E-state index is 0.0385. The van der Waals surface area contributed by atoms with Gasteiger partial charge in [0, 0.05) is 19.3 Å². The molecule has 2 unspecified atom stereocenters. The molecule has 0 aliphatic heterocycles. The number of pyridine rings is 1. The van der Waals surface area contributed by atoms with E-state index in [2.05, 4.69) is 5.10 Å². The highest BCUT2D eigenvalue weighted by Gasteiger charge is 2.32. The SMILES string of the molecule is CN(C(=O)c1cnn2ccccc12)C1CCCC1CN. The minimum Gasteiger partial charge on any atom is -0.338 e. The fourth-order valence-corrected chi connectivity index (χ4v) is 3.24. The number of hydrogen-bond acceptors (Lipinski definition) is 3. The van der Waals surface area contributed by atoms with E-state index >= 15 is 0 Å². The fourth-order valence-electron chi connectivity index (χ4n) is 3.24. The van der Waals surface area contributed by atoms with Gasteiger partial charge in [-0.25, -0.2) is 4.52 Å². The highest BCUT2D eigenvalue weighted by atomic mass is 16.2. The average molecular weight is 272 g/mol. The van der Waals surface area contributed by atoms with Gasteiger partial charge >= 0.3 is 0 Å².